The molecule has 0 unspecified atom stereocenters. The number of nitrogens with one attached hydrogen (secondary N) is 1. The van der Waals surface area contributed by atoms with E-state index in [0.717, 1.165) is 36.8 Å². The predicted molar refractivity (Wildman–Crippen MR) is 80.8 cm³/mol. The van der Waals surface area contributed by atoms with E-state index in [9.17, 15) is 8.42 Å². The highest BCUT2D eigenvalue weighted by atomic mass is 32.2. The van der Waals surface area contributed by atoms with Gasteiger partial charge in [0.1, 0.15) is 0 Å². The van der Waals surface area contributed by atoms with Crippen LogP contribution in [-0.2, 0) is 16.6 Å². The van der Waals surface area contributed by atoms with Crippen molar-refractivity contribution in [2.75, 3.05) is 6.54 Å². The van der Waals surface area contributed by atoms with E-state index >= 15 is 0 Å². The van der Waals surface area contributed by atoms with E-state index in [1.807, 2.05) is 13.0 Å². The zero-order valence-corrected chi connectivity index (χ0v) is 13.1. The number of nitrogens with two attached hydrogens (primary N) is 1. The lowest BCUT2D eigenvalue weighted by atomic mass is 10.0. The van der Waals surface area contributed by atoms with Crippen LogP contribution < -0.4 is 10.5 Å². The zero-order chi connectivity index (χ0) is 14.8. The van der Waals surface area contributed by atoms with Gasteiger partial charge in [0.2, 0.25) is 10.0 Å². The van der Waals surface area contributed by atoms with Gasteiger partial charge in [-0.05, 0) is 48.8 Å². The van der Waals surface area contributed by atoms with Gasteiger partial charge in [0.25, 0.3) is 0 Å². The molecule has 0 atom stereocenters. The summed E-state index contributed by atoms with van der Waals surface area (Å²) in [6.45, 7) is 4.94. The maximum absolute atomic E-state index is 12.4. The molecule has 1 aliphatic carbocycles. The van der Waals surface area contributed by atoms with E-state index < -0.39 is 10.0 Å². The maximum Gasteiger partial charge on any atom is 0.240 e. The maximum atomic E-state index is 12.4. The lowest BCUT2D eigenvalue weighted by Crippen LogP contribution is -2.30. The van der Waals surface area contributed by atoms with Crippen LogP contribution >= 0.6 is 0 Å². The number of hydrogen-bond acceptors (Lipinski definition) is 3. The van der Waals surface area contributed by atoms with Crippen molar-refractivity contribution in [2.45, 2.75) is 51.0 Å². The molecule has 1 saturated carbocycles. The van der Waals surface area contributed by atoms with E-state index in [0.29, 0.717) is 18.0 Å². The Morgan fingerprint density at radius 3 is 2.55 bits per heavy atom. The number of benzene rings is 1. The number of rotatable bonds is 7. The molecule has 20 heavy (non-hydrogen) atoms. The van der Waals surface area contributed by atoms with Crippen molar-refractivity contribution in [1.29, 1.82) is 0 Å². The van der Waals surface area contributed by atoms with Gasteiger partial charge in [-0.3, -0.25) is 0 Å². The smallest absolute Gasteiger partial charge is 0.240 e. The molecule has 2 rings (SSSR count). The molecule has 4 nitrogen and oxygen atoms in total. The van der Waals surface area contributed by atoms with Crippen LogP contribution in [0.3, 0.4) is 0 Å². The van der Waals surface area contributed by atoms with Gasteiger partial charge in [-0.25, -0.2) is 13.1 Å². The number of sulfonamides is 1. The van der Waals surface area contributed by atoms with Crippen LogP contribution in [0.25, 0.3) is 0 Å². The first-order valence-electron chi connectivity index (χ1n) is 7.22. The summed E-state index contributed by atoms with van der Waals surface area (Å²) in [6.07, 6.45) is 4.47. The lowest BCUT2D eigenvalue weighted by Gasteiger charge is -2.16. The molecule has 3 N–H and O–H groups in total. The van der Waals surface area contributed by atoms with Crippen LogP contribution in [0.1, 0.15) is 43.7 Å². The van der Waals surface area contributed by atoms with Gasteiger partial charge in [-0.15, -0.1) is 0 Å². The second kappa shape index (κ2) is 5.84. The van der Waals surface area contributed by atoms with E-state index in [4.69, 9.17) is 5.73 Å². The van der Waals surface area contributed by atoms with Crippen LogP contribution in [0, 0.1) is 12.3 Å². The minimum absolute atomic E-state index is 0.215. The van der Waals surface area contributed by atoms with Gasteiger partial charge in [0, 0.05) is 13.1 Å². The molecule has 0 bridgehead atoms. The third kappa shape index (κ3) is 3.40. The van der Waals surface area contributed by atoms with Crippen molar-refractivity contribution in [1.82, 2.24) is 4.72 Å². The summed E-state index contributed by atoms with van der Waals surface area (Å²) < 4.78 is 27.6. The fraction of sp³-hybridized carbons (Fsp3) is 0.600. The summed E-state index contributed by atoms with van der Waals surface area (Å²) in [5.41, 5.74) is 7.49. The summed E-state index contributed by atoms with van der Waals surface area (Å²) in [5, 5.41) is 0. The summed E-state index contributed by atoms with van der Waals surface area (Å²) in [4.78, 5) is 0.363. The van der Waals surface area contributed by atoms with Crippen LogP contribution in [0.15, 0.2) is 23.1 Å². The van der Waals surface area contributed by atoms with Gasteiger partial charge in [-0.1, -0.05) is 25.5 Å². The molecular formula is C15H24N2O2S. The number of aryl methyl sites for hydroxylation is 1. The summed E-state index contributed by atoms with van der Waals surface area (Å²) in [7, 11) is -3.42. The van der Waals surface area contributed by atoms with Crippen molar-refractivity contribution >= 4 is 10.0 Å². The van der Waals surface area contributed by atoms with Gasteiger partial charge in [-0.2, -0.15) is 0 Å². The molecule has 0 heterocycles. The molecule has 0 aliphatic heterocycles. The second-order valence-electron chi connectivity index (χ2n) is 5.88. The molecule has 0 radical (unpaired) electrons. The average molecular weight is 296 g/mol. The highest BCUT2D eigenvalue weighted by Crippen LogP contribution is 2.49. The third-order valence-electron chi connectivity index (χ3n) is 4.14. The van der Waals surface area contributed by atoms with E-state index in [2.05, 4.69) is 11.6 Å². The van der Waals surface area contributed by atoms with E-state index in [1.54, 1.807) is 12.1 Å². The fourth-order valence-electron chi connectivity index (χ4n) is 2.69. The molecule has 1 aromatic carbocycles. The molecular weight excluding hydrogens is 272 g/mol. The van der Waals surface area contributed by atoms with Crippen LogP contribution in [0.2, 0.25) is 0 Å². The second-order valence-corrected chi connectivity index (χ2v) is 7.61. The van der Waals surface area contributed by atoms with Crippen molar-refractivity contribution < 1.29 is 8.42 Å². The van der Waals surface area contributed by atoms with Gasteiger partial charge < -0.3 is 5.73 Å². The molecule has 1 fully saturated rings. The molecule has 5 heteroatoms. The Morgan fingerprint density at radius 2 is 2.05 bits per heavy atom. The minimum atomic E-state index is -3.42. The molecule has 0 aromatic heterocycles. The lowest BCUT2D eigenvalue weighted by molar-refractivity contribution is 0.449. The van der Waals surface area contributed by atoms with Crippen molar-refractivity contribution in [3.05, 3.63) is 29.3 Å². The monoisotopic (exact) mass is 296 g/mol. The first kappa shape index (κ1) is 15.5. The van der Waals surface area contributed by atoms with Crippen LogP contribution in [0.4, 0.5) is 0 Å². The Balaban J connectivity index is 2.10. The molecule has 0 spiro atoms. The third-order valence-corrected chi connectivity index (χ3v) is 5.70. The van der Waals surface area contributed by atoms with Gasteiger partial charge in [0.05, 0.1) is 4.90 Å². The zero-order valence-electron chi connectivity index (χ0n) is 12.3. The fourth-order valence-corrected chi connectivity index (χ4v) is 4.07. The number of hydrogen-bond donors (Lipinski definition) is 2. The minimum Gasteiger partial charge on any atom is -0.326 e. The topological polar surface area (TPSA) is 72.2 Å². The van der Waals surface area contributed by atoms with Crippen molar-refractivity contribution in [3.63, 3.8) is 0 Å². The Morgan fingerprint density at radius 1 is 1.35 bits per heavy atom. The van der Waals surface area contributed by atoms with E-state index in [-0.39, 0.29) is 5.41 Å². The van der Waals surface area contributed by atoms with Gasteiger partial charge in [0.15, 0.2) is 0 Å². The molecule has 0 amide bonds. The molecule has 1 aliphatic rings. The molecule has 112 valence electrons. The average Bonchev–Trinajstić information content (AvgIpc) is 3.17. The largest absolute Gasteiger partial charge is 0.326 e. The predicted octanol–water partition coefficient (Wildman–Crippen LogP) is 2.31. The van der Waals surface area contributed by atoms with Crippen molar-refractivity contribution in [3.8, 4) is 0 Å². The Kier molecular flexibility index (Phi) is 4.52. The first-order chi connectivity index (χ1) is 9.42. The summed E-state index contributed by atoms with van der Waals surface area (Å²) in [5.74, 6) is 0. The van der Waals surface area contributed by atoms with Crippen molar-refractivity contribution in [2.24, 2.45) is 11.1 Å². The highest BCUT2D eigenvalue weighted by Gasteiger charge is 2.42. The Bertz CT molecular complexity index is 578. The van der Waals surface area contributed by atoms with Crippen LogP contribution in [0.5, 0.6) is 0 Å². The van der Waals surface area contributed by atoms with E-state index in [1.165, 1.54) is 0 Å². The molecule has 0 saturated heterocycles. The van der Waals surface area contributed by atoms with Crippen LogP contribution in [-0.4, -0.2) is 15.0 Å². The standard InChI is InChI=1S/C15H24N2O2S/c1-3-6-15(7-8-15)11-17-20(18,19)14-5-4-13(10-16)9-12(14)2/h4-5,9,17H,3,6-8,10-11,16H2,1-2H3. The first-order valence-corrected chi connectivity index (χ1v) is 8.70. The Labute approximate surface area is 121 Å². The SMILES string of the molecule is CCCC1(CNS(=O)(=O)c2ccc(CN)cc2C)CC1. The molecule has 1 aromatic rings. The Hall–Kier alpha value is -0.910. The quantitative estimate of drug-likeness (QED) is 0.811. The summed E-state index contributed by atoms with van der Waals surface area (Å²) >= 11 is 0. The summed E-state index contributed by atoms with van der Waals surface area (Å²) in [6, 6.07) is 5.27. The highest BCUT2D eigenvalue weighted by molar-refractivity contribution is 7.89. The normalized spacial score (nSPS) is 17.1. The van der Waals surface area contributed by atoms with Gasteiger partial charge >= 0.3 is 0 Å².